The zero-order valence-electron chi connectivity index (χ0n) is 7.75. The van der Waals surface area contributed by atoms with Gasteiger partial charge in [0, 0.05) is 4.88 Å². The number of hydrogen-bond acceptors (Lipinski definition) is 5. The highest BCUT2D eigenvalue weighted by atomic mass is 32.1. The zero-order chi connectivity index (χ0) is 10.7. The van der Waals surface area contributed by atoms with Gasteiger partial charge in [0.25, 0.3) is 5.91 Å². The third kappa shape index (κ3) is 2.20. The van der Waals surface area contributed by atoms with E-state index in [1.807, 2.05) is 6.07 Å². The highest BCUT2D eigenvalue weighted by molar-refractivity contribution is 7.14. The molecule has 6 nitrogen and oxygen atoms in total. The Bertz CT molecular complexity index is 449. The van der Waals surface area contributed by atoms with Crippen LogP contribution in [0, 0.1) is 0 Å². The van der Waals surface area contributed by atoms with E-state index in [4.69, 9.17) is 5.84 Å². The van der Waals surface area contributed by atoms with Gasteiger partial charge in [-0.1, -0.05) is 0 Å². The second-order valence-electron chi connectivity index (χ2n) is 2.83. The molecule has 2 rings (SSSR count). The standard InChI is InChI=1S/C8H9N5OS/c9-12-8(14)7-2-1-6(15-7)3-13-5-10-4-11-13/h1-2,4-5H,3,9H2,(H,12,14). The molecule has 0 aliphatic rings. The first-order valence-electron chi connectivity index (χ1n) is 4.21. The summed E-state index contributed by atoms with van der Waals surface area (Å²) < 4.78 is 1.69. The number of carbonyl (C=O) groups is 1. The summed E-state index contributed by atoms with van der Waals surface area (Å²) >= 11 is 1.38. The summed E-state index contributed by atoms with van der Waals surface area (Å²) in [4.78, 5) is 16.6. The number of aromatic nitrogens is 3. The fraction of sp³-hybridized carbons (Fsp3) is 0.125. The molecule has 0 unspecified atom stereocenters. The van der Waals surface area contributed by atoms with Crippen molar-refractivity contribution in [1.82, 2.24) is 20.2 Å². The van der Waals surface area contributed by atoms with E-state index >= 15 is 0 Å². The number of nitrogens with one attached hydrogen (secondary N) is 1. The van der Waals surface area contributed by atoms with E-state index < -0.39 is 0 Å². The lowest BCUT2D eigenvalue weighted by molar-refractivity contribution is 0.0957. The van der Waals surface area contributed by atoms with Crippen molar-refractivity contribution >= 4 is 17.2 Å². The number of rotatable bonds is 3. The Kier molecular flexibility index (Phi) is 2.75. The monoisotopic (exact) mass is 223 g/mol. The smallest absolute Gasteiger partial charge is 0.275 e. The van der Waals surface area contributed by atoms with Gasteiger partial charge in [0.05, 0.1) is 11.4 Å². The van der Waals surface area contributed by atoms with Gasteiger partial charge in [-0.2, -0.15) is 5.10 Å². The van der Waals surface area contributed by atoms with E-state index in [1.165, 1.54) is 17.7 Å². The lowest BCUT2D eigenvalue weighted by atomic mass is 10.4. The largest absolute Gasteiger partial charge is 0.289 e. The lowest BCUT2D eigenvalue weighted by Crippen LogP contribution is -2.29. The van der Waals surface area contributed by atoms with Crippen LogP contribution in [-0.4, -0.2) is 20.7 Å². The minimum absolute atomic E-state index is 0.273. The number of hydrogen-bond donors (Lipinski definition) is 2. The molecule has 0 spiro atoms. The first kappa shape index (κ1) is 9.81. The molecule has 7 heteroatoms. The van der Waals surface area contributed by atoms with Gasteiger partial charge in [-0.3, -0.25) is 10.2 Å². The Morgan fingerprint density at radius 3 is 3.13 bits per heavy atom. The van der Waals surface area contributed by atoms with E-state index in [-0.39, 0.29) is 5.91 Å². The van der Waals surface area contributed by atoms with Crippen LogP contribution in [0.2, 0.25) is 0 Å². The summed E-state index contributed by atoms with van der Waals surface area (Å²) in [6.07, 6.45) is 3.10. The second-order valence-corrected chi connectivity index (χ2v) is 4.00. The Hall–Kier alpha value is -1.73. The molecule has 0 saturated heterocycles. The van der Waals surface area contributed by atoms with Gasteiger partial charge in [0.2, 0.25) is 0 Å². The van der Waals surface area contributed by atoms with Crippen LogP contribution < -0.4 is 11.3 Å². The number of nitrogen functional groups attached to an aromatic ring is 1. The predicted molar refractivity (Wildman–Crippen MR) is 55.1 cm³/mol. The Balaban J connectivity index is 2.11. The molecular formula is C8H9N5OS. The van der Waals surface area contributed by atoms with Crippen molar-refractivity contribution in [2.75, 3.05) is 0 Å². The molecule has 3 N–H and O–H groups in total. The van der Waals surface area contributed by atoms with Gasteiger partial charge in [-0.25, -0.2) is 15.5 Å². The van der Waals surface area contributed by atoms with Crippen LogP contribution in [0.25, 0.3) is 0 Å². The molecule has 2 aromatic heterocycles. The van der Waals surface area contributed by atoms with Crippen LogP contribution in [0.15, 0.2) is 24.8 Å². The van der Waals surface area contributed by atoms with Crippen LogP contribution in [0.4, 0.5) is 0 Å². The molecule has 0 bridgehead atoms. The van der Waals surface area contributed by atoms with Gasteiger partial charge >= 0.3 is 0 Å². The van der Waals surface area contributed by atoms with Crippen molar-refractivity contribution in [3.8, 4) is 0 Å². The second kappa shape index (κ2) is 4.20. The van der Waals surface area contributed by atoms with Gasteiger partial charge in [-0.05, 0) is 12.1 Å². The number of nitrogens with two attached hydrogens (primary N) is 1. The summed E-state index contributed by atoms with van der Waals surface area (Å²) in [5, 5.41) is 3.97. The first-order chi connectivity index (χ1) is 7.29. The Labute approximate surface area is 89.7 Å². The average molecular weight is 223 g/mol. The van der Waals surface area contributed by atoms with E-state index in [2.05, 4.69) is 15.5 Å². The fourth-order valence-electron chi connectivity index (χ4n) is 1.13. The Morgan fingerprint density at radius 1 is 1.60 bits per heavy atom. The normalized spacial score (nSPS) is 10.2. The molecule has 1 amide bonds. The van der Waals surface area contributed by atoms with Crippen LogP contribution in [0.5, 0.6) is 0 Å². The highest BCUT2D eigenvalue weighted by Gasteiger charge is 2.07. The third-order valence-electron chi connectivity index (χ3n) is 1.80. The van der Waals surface area contributed by atoms with Crippen LogP contribution in [0.1, 0.15) is 14.5 Å². The molecule has 0 radical (unpaired) electrons. The summed E-state index contributed by atoms with van der Waals surface area (Å²) in [6, 6.07) is 3.61. The maximum absolute atomic E-state index is 11.2. The summed E-state index contributed by atoms with van der Waals surface area (Å²) in [5.41, 5.74) is 2.09. The lowest BCUT2D eigenvalue weighted by Gasteiger charge is -1.95. The molecule has 0 aliphatic carbocycles. The van der Waals surface area contributed by atoms with Crippen molar-refractivity contribution in [1.29, 1.82) is 0 Å². The minimum atomic E-state index is -0.273. The van der Waals surface area contributed by atoms with Crippen molar-refractivity contribution in [3.05, 3.63) is 34.5 Å². The van der Waals surface area contributed by atoms with Crippen molar-refractivity contribution in [2.24, 2.45) is 5.84 Å². The van der Waals surface area contributed by atoms with Gasteiger partial charge in [-0.15, -0.1) is 11.3 Å². The maximum atomic E-state index is 11.2. The van der Waals surface area contributed by atoms with E-state index in [1.54, 1.807) is 17.1 Å². The number of carbonyl (C=O) groups excluding carboxylic acids is 1. The number of hydrazine groups is 1. The van der Waals surface area contributed by atoms with Gasteiger partial charge < -0.3 is 0 Å². The van der Waals surface area contributed by atoms with E-state index in [9.17, 15) is 4.79 Å². The topological polar surface area (TPSA) is 85.8 Å². The molecule has 0 aromatic carbocycles. The zero-order valence-corrected chi connectivity index (χ0v) is 8.57. The van der Waals surface area contributed by atoms with E-state index in [0.29, 0.717) is 11.4 Å². The molecule has 2 aromatic rings. The van der Waals surface area contributed by atoms with Gasteiger partial charge in [0.1, 0.15) is 12.7 Å². The number of nitrogens with zero attached hydrogens (tertiary/aromatic N) is 3. The molecule has 0 atom stereocenters. The quantitative estimate of drug-likeness (QED) is 0.435. The van der Waals surface area contributed by atoms with Crippen molar-refractivity contribution in [3.63, 3.8) is 0 Å². The fourth-order valence-corrected chi connectivity index (χ4v) is 2.03. The number of thiophene rings is 1. The summed E-state index contributed by atoms with van der Waals surface area (Å²) in [6.45, 7) is 0.614. The summed E-state index contributed by atoms with van der Waals surface area (Å²) in [5.74, 6) is 4.76. The third-order valence-corrected chi connectivity index (χ3v) is 2.87. The van der Waals surface area contributed by atoms with Crippen molar-refractivity contribution < 1.29 is 4.79 Å². The number of amides is 1. The molecule has 0 aliphatic heterocycles. The van der Waals surface area contributed by atoms with Crippen molar-refractivity contribution in [2.45, 2.75) is 6.54 Å². The molecule has 78 valence electrons. The van der Waals surface area contributed by atoms with Crippen LogP contribution >= 0.6 is 11.3 Å². The molecule has 0 fully saturated rings. The minimum Gasteiger partial charge on any atom is -0.289 e. The molecule has 2 heterocycles. The molecule has 0 saturated carbocycles. The predicted octanol–water partition coefficient (Wildman–Crippen LogP) is -0.00860. The molecule has 15 heavy (non-hydrogen) atoms. The van der Waals surface area contributed by atoms with Crippen LogP contribution in [0.3, 0.4) is 0 Å². The van der Waals surface area contributed by atoms with Crippen LogP contribution in [-0.2, 0) is 6.54 Å². The van der Waals surface area contributed by atoms with E-state index in [0.717, 1.165) is 4.88 Å². The average Bonchev–Trinajstić information content (AvgIpc) is 2.88. The first-order valence-corrected chi connectivity index (χ1v) is 5.03. The SMILES string of the molecule is NNC(=O)c1ccc(Cn2cncn2)s1. The van der Waals surface area contributed by atoms with Gasteiger partial charge in [0.15, 0.2) is 0 Å². The maximum Gasteiger partial charge on any atom is 0.275 e. The Morgan fingerprint density at radius 2 is 2.47 bits per heavy atom. The summed E-state index contributed by atoms with van der Waals surface area (Å²) in [7, 11) is 0. The highest BCUT2D eigenvalue weighted by Crippen LogP contribution is 2.16. The molecular weight excluding hydrogens is 214 g/mol.